The first-order chi connectivity index (χ1) is 9.97. The molecule has 0 radical (unpaired) electrons. The molecule has 3 rings (SSSR count). The molecule has 0 bridgehead atoms. The molecule has 0 amide bonds. The molecule has 1 aromatic heterocycles. The molecule has 2 nitrogen and oxygen atoms in total. The summed E-state index contributed by atoms with van der Waals surface area (Å²) in [4.78, 5) is 8.59. The van der Waals surface area contributed by atoms with Crippen LogP contribution in [0.15, 0.2) is 30.3 Å². The van der Waals surface area contributed by atoms with Gasteiger partial charge in [0.05, 0.1) is 16.1 Å². The van der Waals surface area contributed by atoms with Crippen LogP contribution in [0.5, 0.6) is 0 Å². The smallest absolute Gasteiger partial charge is 0.164 e. The molecular formula is C16H11Cl2FN2. The van der Waals surface area contributed by atoms with Crippen LogP contribution in [0.3, 0.4) is 0 Å². The summed E-state index contributed by atoms with van der Waals surface area (Å²) in [7, 11) is 0. The van der Waals surface area contributed by atoms with Crippen LogP contribution in [-0.4, -0.2) is 9.97 Å². The van der Waals surface area contributed by atoms with E-state index in [2.05, 4.69) is 9.97 Å². The minimum Gasteiger partial charge on any atom is -0.226 e. The fourth-order valence-electron chi connectivity index (χ4n) is 2.23. The van der Waals surface area contributed by atoms with Gasteiger partial charge in [0.2, 0.25) is 0 Å². The molecule has 5 heteroatoms. The molecule has 0 aliphatic carbocycles. The predicted molar refractivity (Wildman–Crippen MR) is 84.4 cm³/mol. The number of hydrogen-bond acceptors (Lipinski definition) is 2. The summed E-state index contributed by atoms with van der Waals surface area (Å²) in [5, 5.41) is 1.41. The molecule has 0 atom stereocenters. The van der Waals surface area contributed by atoms with Crippen LogP contribution in [0.2, 0.25) is 10.2 Å². The molecular weight excluding hydrogens is 310 g/mol. The maximum absolute atomic E-state index is 14.2. The van der Waals surface area contributed by atoms with Crippen molar-refractivity contribution in [3.8, 4) is 11.4 Å². The van der Waals surface area contributed by atoms with Crippen molar-refractivity contribution in [2.24, 2.45) is 0 Å². The molecule has 0 saturated heterocycles. The Hall–Kier alpha value is -1.71. The van der Waals surface area contributed by atoms with E-state index in [-0.39, 0.29) is 16.8 Å². The highest BCUT2D eigenvalue weighted by Crippen LogP contribution is 2.31. The first kappa shape index (κ1) is 14.2. The van der Waals surface area contributed by atoms with Gasteiger partial charge in [-0.05, 0) is 43.2 Å². The lowest BCUT2D eigenvalue weighted by molar-refractivity contribution is 0.621. The standard InChI is InChI=1S/C16H11Cl2FN2/c1-8-6-11-14(12(17)7-8)20-16(21-15(11)18)10-5-3-4-9(2)13(10)19/h3-7H,1-2H3. The maximum atomic E-state index is 14.2. The monoisotopic (exact) mass is 320 g/mol. The Kier molecular flexibility index (Phi) is 3.56. The molecule has 0 unspecified atom stereocenters. The van der Waals surface area contributed by atoms with Crippen molar-refractivity contribution in [1.29, 1.82) is 0 Å². The Morgan fingerprint density at radius 2 is 1.81 bits per heavy atom. The first-order valence-electron chi connectivity index (χ1n) is 6.36. The highest BCUT2D eigenvalue weighted by Gasteiger charge is 2.14. The van der Waals surface area contributed by atoms with Crippen molar-refractivity contribution < 1.29 is 4.39 Å². The SMILES string of the molecule is Cc1cc(Cl)c2nc(-c3cccc(C)c3F)nc(Cl)c2c1. The number of hydrogen-bond donors (Lipinski definition) is 0. The molecule has 106 valence electrons. The Morgan fingerprint density at radius 3 is 2.57 bits per heavy atom. The molecule has 0 aliphatic heterocycles. The number of rotatable bonds is 1. The third kappa shape index (κ3) is 2.47. The maximum Gasteiger partial charge on any atom is 0.164 e. The van der Waals surface area contributed by atoms with Crippen molar-refractivity contribution in [3.63, 3.8) is 0 Å². The first-order valence-corrected chi connectivity index (χ1v) is 7.12. The van der Waals surface area contributed by atoms with Crippen LogP contribution in [0, 0.1) is 19.7 Å². The minimum absolute atomic E-state index is 0.236. The molecule has 2 aromatic carbocycles. The quantitative estimate of drug-likeness (QED) is 0.564. The van der Waals surface area contributed by atoms with Gasteiger partial charge in [-0.15, -0.1) is 0 Å². The summed E-state index contributed by atoms with van der Waals surface area (Å²) in [5.74, 6) is -0.115. The molecule has 0 saturated carbocycles. The van der Waals surface area contributed by atoms with Crippen molar-refractivity contribution in [3.05, 3.63) is 57.5 Å². The van der Waals surface area contributed by atoms with Crippen LogP contribution in [0.1, 0.15) is 11.1 Å². The van der Waals surface area contributed by atoms with Crippen LogP contribution < -0.4 is 0 Å². The average Bonchev–Trinajstić information content (AvgIpc) is 2.43. The van der Waals surface area contributed by atoms with E-state index in [1.54, 1.807) is 31.2 Å². The fraction of sp³-hybridized carbons (Fsp3) is 0.125. The molecule has 21 heavy (non-hydrogen) atoms. The molecule has 0 N–H and O–H groups in total. The second-order valence-electron chi connectivity index (χ2n) is 4.92. The summed E-state index contributed by atoms with van der Waals surface area (Å²) in [5.41, 5.74) is 2.34. The van der Waals surface area contributed by atoms with E-state index >= 15 is 0 Å². The van der Waals surface area contributed by atoms with Gasteiger partial charge in [-0.3, -0.25) is 0 Å². The Labute approximate surface area is 131 Å². The van der Waals surface area contributed by atoms with Gasteiger partial charge in [0.15, 0.2) is 5.82 Å². The summed E-state index contributed by atoms with van der Waals surface area (Å²) in [6.07, 6.45) is 0. The van der Waals surface area contributed by atoms with Crippen LogP contribution in [-0.2, 0) is 0 Å². The van der Waals surface area contributed by atoms with Crippen LogP contribution in [0.4, 0.5) is 4.39 Å². The molecule has 0 spiro atoms. The lowest BCUT2D eigenvalue weighted by atomic mass is 10.1. The second kappa shape index (κ2) is 5.24. The second-order valence-corrected chi connectivity index (χ2v) is 5.68. The number of nitrogens with zero attached hydrogens (tertiary/aromatic N) is 2. The largest absolute Gasteiger partial charge is 0.226 e. The van der Waals surface area contributed by atoms with E-state index in [9.17, 15) is 4.39 Å². The summed E-state index contributed by atoms with van der Waals surface area (Å²) >= 11 is 12.4. The fourth-order valence-corrected chi connectivity index (χ4v) is 2.77. The van der Waals surface area contributed by atoms with E-state index in [1.165, 1.54) is 0 Å². The van der Waals surface area contributed by atoms with Gasteiger partial charge in [0.1, 0.15) is 11.0 Å². The highest BCUT2D eigenvalue weighted by atomic mass is 35.5. The highest BCUT2D eigenvalue weighted by molar-refractivity contribution is 6.38. The van der Waals surface area contributed by atoms with Gasteiger partial charge >= 0.3 is 0 Å². The van der Waals surface area contributed by atoms with E-state index in [4.69, 9.17) is 23.2 Å². The van der Waals surface area contributed by atoms with Crippen LogP contribution >= 0.6 is 23.2 Å². The van der Waals surface area contributed by atoms with E-state index in [1.807, 2.05) is 13.0 Å². The van der Waals surface area contributed by atoms with E-state index in [0.717, 1.165) is 5.56 Å². The third-order valence-corrected chi connectivity index (χ3v) is 3.86. The predicted octanol–water partition coefficient (Wildman–Crippen LogP) is 5.36. The van der Waals surface area contributed by atoms with Gasteiger partial charge < -0.3 is 0 Å². The number of aromatic nitrogens is 2. The lowest BCUT2D eigenvalue weighted by Crippen LogP contribution is -1.96. The number of halogens is 3. The van der Waals surface area contributed by atoms with E-state index in [0.29, 0.717) is 27.1 Å². The minimum atomic E-state index is -0.351. The number of benzene rings is 2. The Morgan fingerprint density at radius 1 is 1.05 bits per heavy atom. The molecule has 0 aliphatic rings. The normalized spacial score (nSPS) is 11.1. The summed E-state index contributed by atoms with van der Waals surface area (Å²) in [6, 6.07) is 8.73. The molecule has 0 fully saturated rings. The van der Waals surface area contributed by atoms with Crippen molar-refractivity contribution in [2.45, 2.75) is 13.8 Å². The van der Waals surface area contributed by atoms with Gasteiger partial charge in [-0.25, -0.2) is 14.4 Å². The molecule has 1 heterocycles. The zero-order valence-electron chi connectivity index (χ0n) is 11.4. The Balaban J connectivity index is 2.33. The van der Waals surface area contributed by atoms with Crippen molar-refractivity contribution in [1.82, 2.24) is 9.97 Å². The topological polar surface area (TPSA) is 25.8 Å². The average molecular weight is 321 g/mol. The van der Waals surface area contributed by atoms with Gasteiger partial charge in [-0.2, -0.15) is 0 Å². The number of aryl methyl sites for hydroxylation is 2. The molecule has 3 aromatic rings. The third-order valence-electron chi connectivity index (χ3n) is 3.28. The van der Waals surface area contributed by atoms with Crippen molar-refractivity contribution >= 4 is 34.1 Å². The Bertz CT molecular complexity index is 863. The lowest BCUT2D eigenvalue weighted by Gasteiger charge is -2.08. The summed E-state index contributed by atoms with van der Waals surface area (Å²) in [6.45, 7) is 3.60. The zero-order chi connectivity index (χ0) is 15.1. The number of fused-ring (bicyclic) bond motifs is 1. The van der Waals surface area contributed by atoms with Gasteiger partial charge in [0.25, 0.3) is 0 Å². The summed E-state index contributed by atoms with van der Waals surface area (Å²) < 4.78 is 14.2. The van der Waals surface area contributed by atoms with Gasteiger partial charge in [0, 0.05) is 5.39 Å². The van der Waals surface area contributed by atoms with Gasteiger partial charge in [-0.1, -0.05) is 35.3 Å². The zero-order valence-corrected chi connectivity index (χ0v) is 12.9. The van der Waals surface area contributed by atoms with E-state index < -0.39 is 0 Å². The van der Waals surface area contributed by atoms with Crippen LogP contribution in [0.25, 0.3) is 22.3 Å². The van der Waals surface area contributed by atoms with Crippen molar-refractivity contribution in [2.75, 3.05) is 0 Å².